The maximum absolute atomic E-state index is 5.52. The Labute approximate surface area is 110 Å². The molecule has 0 amide bonds. The van der Waals surface area contributed by atoms with Crippen molar-refractivity contribution in [3.63, 3.8) is 0 Å². The normalized spacial score (nSPS) is 29.9. The fourth-order valence-electron chi connectivity index (χ4n) is 3.52. The fraction of sp³-hybridized carbons (Fsp3) is 0.733. The summed E-state index contributed by atoms with van der Waals surface area (Å²) in [5, 5.41) is 0. The number of furan rings is 1. The third kappa shape index (κ3) is 2.34. The average Bonchev–Trinajstić information content (AvgIpc) is 2.97. The third-order valence-corrected chi connectivity index (χ3v) is 4.54. The summed E-state index contributed by atoms with van der Waals surface area (Å²) in [6.45, 7) is 9.42. The second-order valence-electron chi connectivity index (χ2n) is 6.11. The second-order valence-corrected chi connectivity index (χ2v) is 6.11. The molecule has 2 aliphatic heterocycles. The van der Waals surface area contributed by atoms with Crippen LogP contribution in [-0.4, -0.2) is 41.5 Å². The first-order valence-electron chi connectivity index (χ1n) is 7.24. The van der Waals surface area contributed by atoms with Gasteiger partial charge in [-0.25, -0.2) is 0 Å². The van der Waals surface area contributed by atoms with Crippen LogP contribution in [0.25, 0.3) is 0 Å². The zero-order chi connectivity index (χ0) is 12.5. The predicted octanol–water partition coefficient (Wildman–Crippen LogP) is 2.58. The highest BCUT2D eigenvalue weighted by atomic mass is 16.3. The van der Waals surface area contributed by atoms with Crippen molar-refractivity contribution in [2.75, 3.05) is 19.6 Å². The van der Waals surface area contributed by atoms with Crippen molar-refractivity contribution in [3.8, 4) is 0 Å². The van der Waals surface area contributed by atoms with Crippen LogP contribution in [0, 0.1) is 5.92 Å². The van der Waals surface area contributed by atoms with Gasteiger partial charge in [-0.2, -0.15) is 0 Å². The van der Waals surface area contributed by atoms with Gasteiger partial charge in [-0.05, 0) is 37.4 Å². The molecule has 2 saturated heterocycles. The lowest BCUT2D eigenvalue weighted by molar-refractivity contribution is 0.0199. The Morgan fingerprint density at radius 1 is 1.39 bits per heavy atom. The van der Waals surface area contributed by atoms with Crippen molar-refractivity contribution in [1.29, 1.82) is 0 Å². The van der Waals surface area contributed by atoms with Gasteiger partial charge in [0.15, 0.2) is 0 Å². The van der Waals surface area contributed by atoms with Crippen LogP contribution >= 0.6 is 0 Å². The molecule has 3 heteroatoms. The molecule has 2 unspecified atom stereocenters. The van der Waals surface area contributed by atoms with Crippen LogP contribution in [0.1, 0.15) is 32.4 Å². The highest BCUT2D eigenvalue weighted by molar-refractivity contribution is 5.01. The second kappa shape index (κ2) is 5.06. The molecule has 0 radical (unpaired) electrons. The van der Waals surface area contributed by atoms with Crippen LogP contribution in [0.5, 0.6) is 0 Å². The number of nitrogens with zero attached hydrogens (tertiary/aromatic N) is 2. The summed E-state index contributed by atoms with van der Waals surface area (Å²) in [5.41, 5.74) is 0. The average molecular weight is 248 g/mol. The Balaban J connectivity index is 1.72. The molecule has 0 saturated carbocycles. The van der Waals surface area contributed by atoms with Gasteiger partial charge in [0.05, 0.1) is 12.8 Å². The molecule has 1 aromatic rings. The molecular formula is C15H24N2O. The summed E-state index contributed by atoms with van der Waals surface area (Å²) in [6, 6.07) is 5.55. The van der Waals surface area contributed by atoms with Gasteiger partial charge in [-0.3, -0.25) is 9.80 Å². The van der Waals surface area contributed by atoms with Gasteiger partial charge in [0.1, 0.15) is 5.76 Å². The summed E-state index contributed by atoms with van der Waals surface area (Å²) in [7, 11) is 0. The van der Waals surface area contributed by atoms with Crippen molar-refractivity contribution in [3.05, 3.63) is 24.2 Å². The molecule has 0 aromatic carbocycles. The summed E-state index contributed by atoms with van der Waals surface area (Å²) in [6.07, 6.45) is 4.54. The smallest absolute Gasteiger partial charge is 0.117 e. The van der Waals surface area contributed by atoms with E-state index in [-0.39, 0.29) is 0 Å². The Hall–Kier alpha value is -0.800. The topological polar surface area (TPSA) is 19.6 Å². The molecule has 1 aromatic heterocycles. The van der Waals surface area contributed by atoms with Crippen molar-refractivity contribution in [2.24, 2.45) is 5.92 Å². The Morgan fingerprint density at radius 2 is 2.28 bits per heavy atom. The van der Waals surface area contributed by atoms with E-state index in [4.69, 9.17) is 4.42 Å². The van der Waals surface area contributed by atoms with Crippen molar-refractivity contribution >= 4 is 0 Å². The van der Waals surface area contributed by atoms with E-state index >= 15 is 0 Å². The van der Waals surface area contributed by atoms with Crippen LogP contribution < -0.4 is 0 Å². The van der Waals surface area contributed by atoms with E-state index in [0.29, 0.717) is 12.0 Å². The van der Waals surface area contributed by atoms with Gasteiger partial charge < -0.3 is 4.42 Å². The highest BCUT2D eigenvalue weighted by Gasteiger charge is 2.37. The van der Waals surface area contributed by atoms with E-state index < -0.39 is 0 Å². The van der Waals surface area contributed by atoms with E-state index in [1.165, 1.54) is 32.5 Å². The number of rotatable bonds is 3. The molecule has 2 atom stereocenters. The van der Waals surface area contributed by atoms with Crippen molar-refractivity contribution in [1.82, 2.24) is 9.80 Å². The van der Waals surface area contributed by atoms with Gasteiger partial charge in [0.2, 0.25) is 0 Å². The third-order valence-electron chi connectivity index (χ3n) is 4.54. The Bertz CT molecular complexity index is 374. The fourth-order valence-corrected chi connectivity index (χ4v) is 3.52. The number of hydrogen-bond acceptors (Lipinski definition) is 3. The molecule has 0 spiro atoms. The maximum atomic E-state index is 5.52. The monoisotopic (exact) mass is 248 g/mol. The molecule has 0 bridgehead atoms. The summed E-state index contributed by atoms with van der Waals surface area (Å²) in [5.74, 6) is 1.81. The van der Waals surface area contributed by atoms with E-state index in [9.17, 15) is 0 Å². The lowest BCUT2D eigenvalue weighted by atomic mass is 9.97. The number of hydrogen-bond donors (Lipinski definition) is 0. The molecule has 3 nitrogen and oxygen atoms in total. The standard InChI is InChI=1S/C15H24N2O/c1-12(2)15-11-16-7-3-5-13(16)9-17(15)10-14-6-4-8-18-14/h4,6,8,12-13,15H,3,5,7,9-11H2,1-2H3. The molecule has 3 heterocycles. The first-order valence-corrected chi connectivity index (χ1v) is 7.24. The zero-order valence-corrected chi connectivity index (χ0v) is 11.5. The van der Waals surface area contributed by atoms with Crippen LogP contribution in [0.15, 0.2) is 22.8 Å². The molecule has 0 aliphatic carbocycles. The van der Waals surface area contributed by atoms with Gasteiger partial charge >= 0.3 is 0 Å². The van der Waals surface area contributed by atoms with Crippen LogP contribution in [-0.2, 0) is 6.54 Å². The first kappa shape index (κ1) is 12.2. The lowest BCUT2D eigenvalue weighted by Crippen LogP contribution is -2.57. The molecule has 2 fully saturated rings. The summed E-state index contributed by atoms with van der Waals surface area (Å²) < 4.78 is 5.52. The van der Waals surface area contributed by atoms with E-state index in [0.717, 1.165) is 18.3 Å². The molecular weight excluding hydrogens is 224 g/mol. The lowest BCUT2D eigenvalue weighted by Gasteiger charge is -2.45. The quantitative estimate of drug-likeness (QED) is 0.819. The molecule has 0 N–H and O–H groups in total. The minimum Gasteiger partial charge on any atom is -0.468 e. The first-order chi connectivity index (χ1) is 8.74. The minimum absolute atomic E-state index is 0.671. The van der Waals surface area contributed by atoms with Crippen molar-refractivity contribution < 1.29 is 4.42 Å². The van der Waals surface area contributed by atoms with Crippen LogP contribution in [0.2, 0.25) is 0 Å². The molecule has 3 rings (SSSR count). The number of piperazine rings is 1. The van der Waals surface area contributed by atoms with Gasteiger partial charge in [0, 0.05) is 25.2 Å². The maximum Gasteiger partial charge on any atom is 0.117 e. The predicted molar refractivity (Wildman–Crippen MR) is 72.3 cm³/mol. The van der Waals surface area contributed by atoms with E-state index in [1.54, 1.807) is 6.26 Å². The SMILES string of the molecule is CC(C)C1CN2CCCC2CN1Cc1ccco1. The van der Waals surface area contributed by atoms with Gasteiger partial charge in [-0.15, -0.1) is 0 Å². The van der Waals surface area contributed by atoms with Gasteiger partial charge in [0.25, 0.3) is 0 Å². The number of fused-ring (bicyclic) bond motifs is 1. The Morgan fingerprint density at radius 3 is 3.00 bits per heavy atom. The van der Waals surface area contributed by atoms with Crippen molar-refractivity contribution in [2.45, 2.75) is 45.3 Å². The molecule has 2 aliphatic rings. The molecule has 100 valence electrons. The Kier molecular flexibility index (Phi) is 3.44. The van der Waals surface area contributed by atoms with Crippen LogP contribution in [0.4, 0.5) is 0 Å². The van der Waals surface area contributed by atoms with Crippen LogP contribution in [0.3, 0.4) is 0 Å². The van der Waals surface area contributed by atoms with Gasteiger partial charge in [-0.1, -0.05) is 13.8 Å². The van der Waals surface area contributed by atoms with E-state index in [2.05, 4.69) is 29.7 Å². The zero-order valence-electron chi connectivity index (χ0n) is 11.5. The summed E-state index contributed by atoms with van der Waals surface area (Å²) in [4.78, 5) is 5.33. The largest absolute Gasteiger partial charge is 0.468 e. The van der Waals surface area contributed by atoms with E-state index in [1.807, 2.05) is 6.07 Å². The molecule has 18 heavy (non-hydrogen) atoms. The summed E-state index contributed by atoms with van der Waals surface area (Å²) >= 11 is 0. The minimum atomic E-state index is 0.671. The highest BCUT2D eigenvalue weighted by Crippen LogP contribution is 2.28.